The molecule has 0 radical (unpaired) electrons. The van der Waals surface area contributed by atoms with Gasteiger partial charge in [-0.3, -0.25) is 10.1 Å². The molecule has 1 aliphatic heterocycles. The first kappa shape index (κ1) is 17.6. The first-order valence-electron chi connectivity index (χ1n) is 9.23. The van der Waals surface area contributed by atoms with Crippen LogP contribution in [0.25, 0.3) is 11.0 Å². The summed E-state index contributed by atoms with van der Waals surface area (Å²) in [5, 5.41) is 11.8. The SMILES string of the molecule is O=C([C@H](Cc1ccccc1)NCn1nnc2ccccc21)N1CCOCC1. The summed E-state index contributed by atoms with van der Waals surface area (Å²) >= 11 is 0. The molecule has 0 saturated carbocycles. The molecule has 1 amide bonds. The maximum Gasteiger partial charge on any atom is 0.240 e. The summed E-state index contributed by atoms with van der Waals surface area (Å²) in [6, 6.07) is 17.6. The van der Waals surface area contributed by atoms with E-state index in [1.165, 1.54) is 0 Å². The van der Waals surface area contributed by atoms with Gasteiger partial charge in [-0.15, -0.1) is 5.10 Å². The Kier molecular flexibility index (Phi) is 5.41. The molecule has 2 heterocycles. The van der Waals surface area contributed by atoms with Crippen molar-refractivity contribution in [1.82, 2.24) is 25.2 Å². The molecule has 140 valence electrons. The molecule has 4 rings (SSSR count). The fourth-order valence-electron chi connectivity index (χ4n) is 3.33. The van der Waals surface area contributed by atoms with Crippen LogP contribution in [-0.2, 0) is 22.6 Å². The minimum atomic E-state index is -0.325. The van der Waals surface area contributed by atoms with Gasteiger partial charge in [-0.05, 0) is 24.1 Å². The van der Waals surface area contributed by atoms with Crippen LogP contribution in [0, 0.1) is 0 Å². The maximum absolute atomic E-state index is 13.1. The molecule has 1 N–H and O–H groups in total. The van der Waals surface area contributed by atoms with E-state index >= 15 is 0 Å². The Morgan fingerprint density at radius 2 is 1.81 bits per heavy atom. The largest absolute Gasteiger partial charge is 0.378 e. The number of aromatic nitrogens is 3. The highest BCUT2D eigenvalue weighted by molar-refractivity contribution is 5.82. The minimum absolute atomic E-state index is 0.103. The third-order valence-electron chi connectivity index (χ3n) is 4.81. The van der Waals surface area contributed by atoms with E-state index in [2.05, 4.69) is 15.6 Å². The minimum Gasteiger partial charge on any atom is -0.378 e. The summed E-state index contributed by atoms with van der Waals surface area (Å²) in [5.41, 5.74) is 2.92. The van der Waals surface area contributed by atoms with Crippen molar-refractivity contribution in [1.29, 1.82) is 0 Å². The molecule has 2 aromatic carbocycles. The lowest BCUT2D eigenvalue weighted by Crippen LogP contribution is -2.51. The van der Waals surface area contributed by atoms with Gasteiger partial charge >= 0.3 is 0 Å². The lowest BCUT2D eigenvalue weighted by atomic mass is 10.0. The lowest BCUT2D eigenvalue weighted by molar-refractivity contribution is -0.137. The number of hydrogen-bond acceptors (Lipinski definition) is 5. The predicted molar refractivity (Wildman–Crippen MR) is 102 cm³/mol. The van der Waals surface area contributed by atoms with Gasteiger partial charge in [0, 0.05) is 13.1 Å². The fourth-order valence-corrected chi connectivity index (χ4v) is 3.33. The number of benzene rings is 2. The molecule has 7 heteroatoms. The van der Waals surface area contributed by atoms with Gasteiger partial charge in [-0.2, -0.15) is 0 Å². The van der Waals surface area contributed by atoms with Crippen molar-refractivity contribution in [2.75, 3.05) is 26.3 Å². The number of carbonyl (C=O) groups is 1. The summed E-state index contributed by atoms with van der Waals surface area (Å²) in [5.74, 6) is 0.103. The van der Waals surface area contributed by atoms with Gasteiger partial charge in [0.25, 0.3) is 0 Å². The Morgan fingerprint density at radius 1 is 1.07 bits per heavy atom. The molecule has 0 aliphatic carbocycles. The summed E-state index contributed by atoms with van der Waals surface area (Å²) in [7, 11) is 0. The van der Waals surface area contributed by atoms with Crippen molar-refractivity contribution < 1.29 is 9.53 Å². The van der Waals surface area contributed by atoms with Gasteiger partial charge in [-0.1, -0.05) is 47.7 Å². The van der Waals surface area contributed by atoms with E-state index in [4.69, 9.17) is 4.74 Å². The Bertz CT molecular complexity index is 890. The number of nitrogens with zero attached hydrogens (tertiary/aromatic N) is 4. The third-order valence-corrected chi connectivity index (χ3v) is 4.81. The zero-order valence-electron chi connectivity index (χ0n) is 15.1. The number of para-hydroxylation sites is 1. The van der Waals surface area contributed by atoms with Gasteiger partial charge in [0.2, 0.25) is 5.91 Å². The van der Waals surface area contributed by atoms with Gasteiger partial charge in [0.15, 0.2) is 0 Å². The molecule has 0 bridgehead atoms. The number of rotatable bonds is 6. The summed E-state index contributed by atoms with van der Waals surface area (Å²) in [6.07, 6.45) is 0.629. The van der Waals surface area contributed by atoms with Crippen LogP contribution < -0.4 is 5.32 Å². The second-order valence-electron chi connectivity index (χ2n) is 6.62. The highest BCUT2D eigenvalue weighted by Gasteiger charge is 2.26. The molecule has 1 aromatic heterocycles. The van der Waals surface area contributed by atoms with Crippen molar-refractivity contribution >= 4 is 16.9 Å². The number of morpholine rings is 1. The molecule has 1 saturated heterocycles. The molecule has 3 aromatic rings. The van der Waals surface area contributed by atoms with Gasteiger partial charge < -0.3 is 9.64 Å². The van der Waals surface area contributed by atoms with Crippen LogP contribution in [0.15, 0.2) is 54.6 Å². The zero-order chi connectivity index (χ0) is 18.5. The fraction of sp³-hybridized carbons (Fsp3) is 0.350. The number of fused-ring (bicyclic) bond motifs is 1. The molecule has 1 aliphatic rings. The molecular weight excluding hydrogens is 342 g/mol. The van der Waals surface area contributed by atoms with Crippen molar-refractivity contribution in [3.8, 4) is 0 Å². The van der Waals surface area contributed by atoms with E-state index in [0.29, 0.717) is 39.4 Å². The number of hydrogen-bond donors (Lipinski definition) is 1. The number of ether oxygens (including phenoxy) is 1. The molecule has 1 fully saturated rings. The average Bonchev–Trinajstić information content (AvgIpc) is 3.15. The average molecular weight is 365 g/mol. The molecule has 0 spiro atoms. The summed E-state index contributed by atoms with van der Waals surface area (Å²) in [4.78, 5) is 15.0. The van der Waals surface area contributed by atoms with Crippen LogP contribution >= 0.6 is 0 Å². The second-order valence-corrected chi connectivity index (χ2v) is 6.62. The molecule has 7 nitrogen and oxygen atoms in total. The van der Waals surface area contributed by atoms with E-state index in [-0.39, 0.29) is 11.9 Å². The quantitative estimate of drug-likeness (QED) is 0.716. The van der Waals surface area contributed by atoms with E-state index < -0.39 is 0 Å². The standard InChI is InChI=1S/C20H23N5O2/c26-20(24-10-12-27-13-11-24)18(14-16-6-2-1-3-7-16)21-15-25-19-9-5-4-8-17(19)22-23-25/h1-9,18,21H,10-15H2/t18-/m0/s1. The third kappa shape index (κ3) is 4.15. The van der Waals surface area contributed by atoms with Crippen molar-refractivity contribution in [2.45, 2.75) is 19.1 Å². The van der Waals surface area contributed by atoms with Crippen LogP contribution in [0.5, 0.6) is 0 Å². The van der Waals surface area contributed by atoms with Crippen molar-refractivity contribution in [3.63, 3.8) is 0 Å². The van der Waals surface area contributed by atoms with Gasteiger partial charge in [0.1, 0.15) is 5.52 Å². The molecular formula is C20H23N5O2. The lowest BCUT2D eigenvalue weighted by Gasteiger charge is -2.31. The smallest absolute Gasteiger partial charge is 0.240 e. The van der Waals surface area contributed by atoms with Crippen molar-refractivity contribution in [3.05, 3.63) is 60.2 Å². The first-order valence-corrected chi connectivity index (χ1v) is 9.23. The molecule has 0 unspecified atom stereocenters. The molecule has 1 atom stereocenters. The van der Waals surface area contributed by atoms with E-state index in [9.17, 15) is 4.79 Å². The number of nitrogens with one attached hydrogen (secondary N) is 1. The second kappa shape index (κ2) is 8.28. The van der Waals surface area contributed by atoms with Crippen LogP contribution in [0.2, 0.25) is 0 Å². The monoisotopic (exact) mass is 365 g/mol. The van der Waals surface area contributed by atoms with Crippen LogP contribution in [0.1, 0.15) is 5.56 Å². The van der Waals surface area contributed by atoms with E-state index in [0.717, 1.165) is 16.6 Å². The first-order chi connectivity index (χ1) is 13.3. The normalized spacial score (nSPS) is 15.8. The predicted octanol–water partition coefficient (Wildman–Crippen LogP) is 1.45. The maximum atomic E-state index is 13.1. The van der Waals surface area contributed by atoms with E-state index in [1.54, 1.807) is 4.68 Å². The highest BCUT2D eigenvalue weighted by atomic mass is 16.5. The Labute approximate surface area is 157 Å². The topological polar surface area (TPSA) is 72.3 Å². The Morgan fingerprint density at radius 3 is 2.63 bits per heavy atom. The number of amides is 1. The highest BCUT2D eigenvalue weighted by Crippen LogP contribution is 2.11. The van der Waals surface area contributed by atoms with Crippen LogP contribution in [0.3, 0.4) is 0 Å². The van der Waals surface area contributed by atoms with E-state index in [1.807, 2.05) is 59.5 Å². The van der Waals surface area contributed by atoms with Crippen LogP contribution in [0.4, 0.5) is 0 Å². The molecule has 27 heavy (non-hydrogen) atoms. The van der Waals surface area contributed by atoms with Crippen LogP contribution in [-0.4, -0.2) is 58.1 Å². The van der Waals surface area contributed by atoms with Gasteiger partial charge in [-0.25, -0.2) is 4.68 Å². The Balaban J connectivity index is 1.50. The van der Waals surface area contributed by atoms with Crippen molar-refractivity contribution in [2.24, 2.45) is 0 Å². The summed E-state index contributed by atoms with van der Waals surface area (Å²) in [6.45, 7) is 2.89. The number of carbonyl (C=O) groups excluding carboxylic acids is 1. The Hall–Kier alpha value is -2.77. The summed E-state index contributed by atoms with van der Waals surface area (Å²) < 4.78 is 7.17. The van der Waals surface area contributed by atoms with Gasteiger partial charge in [0.05, 0.1) is 31.4 Å². The zero-order valence-corrected chi connectivity index (χ0v) is 15.1.